The van der Waals surface area contributed by atoms with Gasteiger partial charge in [-0.2, -0.15) is 0 Å². The van der Waals surface area contributed by atoms with Gasteiger partial charge in [0.25, 0.3) is 0 Å². The molecule has 0 aromatic heterocycles. The summed E-state index contributed by atoms with van der Waals surface area (Å²) in [5.41, 5.74) is 0. The van der Waals surface area contributed by atoms with E-state index in [2.05, 4.69) is 0 Å². The zero-order valence-corrected chi connectivity index (χ0v) is 11.6. The number of hydrogen-bond donors (Lipinski definition) is 0. The fourth-order valence-electron chi connectivity index (χ4n) is 1.29. The van der Waals surface area contributed by atoms with Crippen molar-refractivity contribution in [1.29, 1.82) is 0 Å². The van der Waals surface area contributed by atoms with E-state index >= 15 is 0 Å². The number of carbonyl (C=O) groups is 2. The van der Waals surface area contributed by atoms with E-state index < -0.39 is 5.97 Å². The van der Waals surface area contributed by atoms with Crippen molar-refractivity contribution in [3.05, 3.63) is 0 Å². The Kier molecular flexibility index (Phi) is 9.22. The predicted octanol–water partition coefficient (Wildman–Crippen LogP) is 0.450. The number of rotatable bonds is 9. The van der Waals surface area contributed by atoms with Gasteiger partial charge in [-0.3, -0.25) is 9.59 Å². The zero-order valence-electron chi connectivity index (χ0n) is 11.6. The monoisotopic (exact) mass is 261 g/mol. The Bertz CT molecular complexity index is 255. The number of ether oxygens (including phenoxy) is 3. The third-order valence-corrected chi connectivity index (χ3v) is 2.21. The molecular weight excluding hydrogens is 238 g/mol. The fraction of sp³-hybridized carbons (Fsp3) is 0.833. The van der Waals surface area contributed by atoms with Crippen molar-refractivity contribution in [2.24, 2.45) is 0 Å². The van der Waals surface area contributed by atoms with Gasteiger partial charge >= 0.3 is 5.97 Å². The standard InChI is InChI=1S/C12H23NO5/c1-5-18-12(15)8-13(10(2)3)11(14)9-17-7-6-16-4/h10H,5-9H2,1-4H3. The van der Waals surface area contributed by atoms with E-state index in [0.29, 0.717) is 19.8 Å². The van der Waals surface area contributed by atoms with Crippen LogP contribution in [0.5, 0.6) is 0 Å². The van der Waals surface area contributed by atoms with Crippen molar-refractivity contribution in [1.82, 2.24) is 4.90 Å². The quantitative estimate of drug-likeness (QED) is 0.445. The Morgan fingerprint density at radius 1 is 1.22 bits per heavy atom. The van der Waals surface area contributed by atoms with E-state index in [1.54, 1.807) is 14.0 Å². The van der Waals surface area contributed by atoms with Gasteiger partial charge in [-0.05, 0) is 20.8 Å². The maximum Gasteiger partial charge on any atom is 0.325 e. The highest BCUT2D eigenvalue weighted by atomic mass is 16.5. The van der Waals surface area contributed by atoms with Gasteiger partial charge in [0.2, 0.25) is 5.91 Å². The minimum Gasteiger partial charge on any atom is -0.465 e. The molecule has 6 heteroatoms. The minimum atomic E-state index is -0.406. The smallest absolute Gasteiger partial charge is 0.325 e. The number of amides is 1. The Hall–Kier alpha value is -1.14. The van der Waals surface area contributed by atoms with Crippen LogP contribution in [0.15, 0.2) is 0 Å². The summed E-state index contributed by atoms with van der Waals surface area (Å²) in [7, 11) is 1.56. The number of nitrogens with zero attached hydrogens (tertiary/aromatic N) is 1. The molecule has 0 saturated carbocycles. The van der Waals surface area contributed by atoms with Crippen LogP contribution in [0.1, 0.15) is 20.8 Å². The molecule has 0 aliphatic carbocycles. The molecule has 0 radical (unpaired) electrons. The van der Waals surface area contributed by atoms with Crippen molar-refractivity contribution in [2.75, 3.05) is 40.1 Å². The molecule has 1 amide bonds. The highest BCUT2D eigenvalue weighted by Crippen LogP contribution is 2.00. The first kappa shape index (κ1) is 16.9. The molecule has 0 bridgehead atoms. The number of hydrogen-bond acceptors (Lipinski definition) is 5. The van der Waals surface area contributed by atoms with Crippen LogP contribution in [-0.4, -0.2) is 62.9 Å². The first-order valence-electron chi connectivity index (χ1n) is 6.04. The summed E-state index contributed by atoms with van der Waals surface area (Å²) in [5, 5.41) is 0. The summed E-state index contributed by atoms with van der Waals surface area (Å²) < 4.78 is 14.8. The third kappa shape index (κ3) is 7.24. The van der Waals surface area contributed by atoms with Crippen LogP contribution in [0.2, 0.25) is 0 Å². The molecule has 0 heterocycles. The fourth-order valence-corrected chi connectivity index (χ4v) is 1.29. The lowest BCUT2D eigenvalue weighted by molar-refractivity contribution is -0.151. The molecule has 0 unspecified atom stereocenters. The summed E-state index contributed by atoms with van der Waals surface area (Å²) in [5.74, 6) is -0.634. The largest absolute Gasteiger partial charge is 0.465 e. The predicted molar refractivity (Wildman–Crippen MR) is 66.2 cm³/mol. The van der Waals surface area contributed by atoms with Crippen LogP contribution in [0.3, 0.4) is 0 Å². The van der Waals surface area contributed by atoms with Crippen molar-refractivity contribution >= 4 is 11.9 Å². The lowest BCUT2D eigenvalue weighted by atomic mass is 10.3. The van der Waals surface area contributed by atoms with Gasteiger partial charge in [0.1, 0.15) is 13.2 Å². The summed E-state index contributed by atoms with van der Waals surface area (Å²) in [6, 6.07) is -0.0760. The number of methoxy groups -OCH3 is 1. The highest BCUT2D eigenvalue weighted by molar-refractivity contribution is 5.83. The molecule has 6 nitrogen and oxygen atoms in total. The van der Waals surface area contributed by atoms with Crippen LogP contribution >= 0.6 is 0 Å². The van der Waals surface area contributed by atoms with Gasteiger partial charge in [-0.1, -0.05) is 0 Å². The van der Waals surface area contributed by atoms with E-state index in [1.165, 1.54) is 4.90 Å². The second-order valence-electron chi connectivity index (χ2n) is 3.97. The average molecular weight is 261 g/mol. The van der Waals surface area contributed by atoms with E-state index in [9.17, 15) is 9.59 Å². The van der Waals surface area contributed by atoms with Crippen LogP contribution in [-0.2, 0) is 23.8 Å². The first-order chi connectivity index (χ1) is 8.52. The second-order valence-corrected chi connectivity index (χ2v) is 3.97. The summed E-state index contributed by atoms with van der Waals surface area (Å²) >= 11 is 0. The van der Waals surface area contributed by atoms with Crippen LogP contribution in [0, 0.1) is 0 Å². The van der Waals surface area contributed by atoms with Gasteiger partial charge in [-0.15, -0.1) is 0 Å². The molecule has 0 N–H and O–H groups in total. The Morgan fingerprint density at radius 3 is 2.39 bits per heavy atom. The normalized spacial score (nSPS) is 10.5. The molecule has 0 rings (SSSR count). The van der Waals surface area contributed by atoms with Gasteiger partial charge in [0.05, 0.1) is 19.8 Å². The van der Waals surface area contributed by atoms with Crippen LogP contribution < -0.4 is 0 Å². The van der Waals surface area contributed by atoms with E-state index in [0.717, 1.165) is 0 Å². The van der Waals surface area contributed by atoms with Gasteiger partial charge in [0.15, 0.2) is 0 Å². The molecule has 0 aliphatic heterocycles. The van der Waals surface area contributed by atoms with Crippen molar-refractivity contribution in [3.63, 3.8) is 0 Å². The molecule has 0 aromatic carbocycles. The number of esters is 1. The lowest BCUT2D eigenvalue weighted by Crippen LogP contribution is -2.43. The van der Waals surface area contributed by atoms with Crippen molar-refractivity contribution in [2.45, 2.75) is 26.8 Å². The minimum absolute atomic E-state index is 0.0437. The molecule has 0 aliphatic rings. The lowest BCUT2D eigenvalue weighted by Gasteiger charge is -2.25. The SMILES string of the molecule is CCOC(=O)CN(C(=O)COCCOC)C(C)C. The Balaban J connectivity index is 4.15. The molecule has 0 fully saturated rings. The number of carbonyl (C=O) groups excluding carboxylic acids is 2. The first-order valence-corrected chi connectivity index (χ1v) is 6.04. The molecule has 18 heavy (non-hydrogen) atoms. The molecule has 0 atom stereocenters. The van der Waals surface area contributed by atoms with E-state index in [-0.39, 0.29) is 25.1 Å². The summed E-state index contributed by atoms with van der Waals surface area (Å²) in [6.07, 6.45) is 0. The highest BCUT2D eigenvalue weighted by Gasteiger charge is 2.20. The zero-order chi connectivity index (χ0) is 14.0. The summed E-state index contributed by atoms with van der Waals surface area (Å²) in [4.78, 5) is 24.6. The third-order valence-electron chi connectivity index (χ3n) is 2.21. The topological polar surface area (TPSA) is 65.1 Å². The van der Waals surface area contributed by atoms with E-state index in [1.807, 2.05) is 13.8 Å². The Labute approximate surface area is 108 Å². The Morgan fingerprint density at radius 2 is 1.89 bits per heavy atom. The van der Waals surface area contributed by atoms with Crippen molar-refractivity contribution in [3.8, 4) is 0 Å². The molecule has 0 saturated heterocycles. The van der Waals surface area contributed by atoms with Gasteiger partial charge in [0, 0.05) is 13.2 Å². The molecule has 0 aromatic rings. The van der Waals surface area contributed by atoms with Gasteiger partial charge < -0.3 is 19.1 Å². The molecule has 106 valence electrons. The summed E-state index contributed by atoms with van der Waals surface area (Å²) in [6.45, 7) is 6.41. The second kappa shape index (κ2) is 9.85. The van der Waals surface area contributed by atoms with Crippen LogP contribution in [0.4, 0.5) is 0 Å². The molecular formula is C12H23NO5. The maximum atomic E-state index is 11.8. The van der Waals surface area contributed by atoms with Crippen LogP contribution in [0.25, 0.3) is 0 Å². The van der Waals surface area contributed by atoms with E-state index in [4.69, 9.17) is 14.2 Å². The maximum absolute atomic E-state index is 11.8. The average Bonchev–Trinajstić information content (AvgIpc) is 2.31. The van der Waals surface area contributed by atoms with Gasteiger partial charge in [-0.25, -0.2) is 0 Å². The van der Waals surface area contributed by atoms with Crippen molar-refractivity contribution < 1.29 is 23.8 Å². The molecule has 0 spiro atoms.